The van der Waals surface area contributed by atoms with E-state index in [-0.39, 0.29) is 16.9 Å². The molecule has 0 aromatic rings. The van der Waals surface area contributed by atoms with Crippen molar-refractivity contribution in [3.8, 4) is 0 Å². The lowest BCUT2D eigenvalue weighted by Crippen LogP contribution is -2.42. The van der Waals surface area contributed by atoms with Crippen molar-refractivity contribution in [3.05, 3.63) is 12.2 Å². The zero-order valence-electron chi connectivity index (χ0n) is 15.4. The van der Waals surface area contributed by atoms with E-state index in [1.54, 1.807) is 13.0 Å². The first kappa shape index (κ1) is 19.9. The molecule has 1 aliphatic carbocycles. The van der Waals surface area contributed by atoms with E-state index in [0.717, 1.165) is 0 Å². The molecule has 0 aliphatic heterocycles. The molecule has 6 heteroatoms. The molecule has 2 unspecified atom stereocenters. The molecule has 0 saturated heterocycles. The van der Waals surface area contributed by atoms with E-state index < -0.39 is 19.7 Å². The highest BCUT2D eigenvalue weighted by molar-refractivity contribution is 6.74. The van der Waals surface area contributed by atoms with Gasteiger partial charge in [-0.05, 0) is 31.5 Å². The third-order valence-corrected chi connectivity index (χ3v) is 9.43. The summed E-state index contributed by atoms with van der Waals surface area (Å²) in [7, 11) is -0.590. The average Bonchev–Trinajstić information content (AvgIpc) is 3.17. The molecular weight excluding hydrogens is 312 g/mol. The van der Waals surface area contributed by atoms with Crippen LogP contribution in [0.3, 0.4) is 0 Å². The Morgan fingerprint density at radius 3 is 2.39 bits per heavy atom. The first-order chi connectivity index (χ1) is 10.5. The maximum Gasteiger partial charge on any atom is 0.330 e. The Balaban J connectivity index is 2.85. The maximum absolute atomic E-state index is 12.0. The minimum absolute atomic E-state index is 0.0918. The van der Waals surface area contributed by atoms with E-state index in [1.165, 1.54) is 13.2 Å². The van der Waals surface area contributed by atoms with Gasteiger partial charge in [-0.3, -0.25) is 4.79 Å². The molecule has 0 amide bonds. The van der Waals surface area contributed by atoms with Gasteiger partial charge >= 0.3 is 11.9 Å². The van der Waals surface area contributed by atoms with Crippen molar-refractivity contribution in [1.82, 2.24) is 0 Å². The van der Waals surface area contributed by atoms with Gasteiger partial charge < -0.3 is 13.9 Å². The number of rotatable bonds is 7. The Morgan fingerprint density at radius 1 is 1.30 bits per heavy atom. The summed E-state index contributed by atoms with van der Waals surface area (Å²) in [5.41, 5.74) is -0.448. The third kappa shape index (κ3) is 4.91. The number of ether oxygens (including phenoxy) is 2. The van der Waals surface area contributed by atoms with Gasteiger partial charge in [0.1, 0.15) is 0 Å². The van der Waals surface area contributed by atoms with Crippen molar-refractivity contribution < 1.29 is 23.5 Å². The van der Waals surface area contributed by atoms with Gasteiger partial charge in [-0.2, -0.15) is 0 Å². The van der Waals surface area contributed by atoms with Crippen LogP contribution in [0.25, 0.3) is 0 Å². The number of methoxy groups -OCH3 is 1. The molecule has 2 atom stereocenters. The van der Waals surface area contributed by atoms with Gasteiger partial charge in [0.25, 0.3) is 0 Å². The lowest BCUT2D eigenvalue weighted by molar-refractivity contribution is -0.145. The van der Waals surface area contributed by atoms with Crippen LogP contribution in [0.15, 0.2) is 12.2 Å². The topological polar surface area (TPSA) is 61.8 Å². The zero-order chi connectivity index (χ0) is 17.9. The van der Waals surface area contributed by atoms with Crippen LogP contribution in [0.5, 0.6) is 0 Å². The van der Waals surface area contributed by atoms with Gasteiger partial charge in [0, 0.05) is 18.1 Å². The van der Waals surface area contributed by atoms with Crippen LogP contribution in [0.2, 0.25) is 18.1 Å². The van der Waals surface area contributed by atoms with E-state index in [1.807, 2.05) is 0 Å². The average molecular weight is 343 g/mol. The fourth-order valence-corrected chi connectivity index (χ4v) is 3.17. The molecular formula is C17H30O5Si. The van der Waals surface area contributed by atoms with Crippen molar-refractivity contribution in [2.24, 2.45) is 11.3 Å². The number of hydrogen-bond acceptors (Lipinski definition) is 5. The Hall–Kier alpha value is -1.14. The van der Waals surface area contributed by atoms with Crippen LogP contribution in [-0.4, -0.2) is 40.6 Å². The summed E-state index contributed by atoms with van der Waals surface area (Å²) in [6, 6.07) is 0. The Morgan fingerprint density at radius 2 is 1.91 bits per heavy atom. The van der Waals surface area contributed by atoms with Crippen LogP contribution in [-0.2, 0) is 23.5 Å². The SMILES string of the molecule is CCOC(=O)C1CC1(/C=C/C(=O)OC)CO[Si](C)(C)C(C)(C)C. The molecule has 0 bridgehead atoms. The fraction of sp³-hybridized carbons (Fsp3) is 0.765. The predicted octanol–water partition coefficient (Wildman–Crippen LogP) is 3.31. The van der Waals surface area contributed by atoms with E-state index in [2.05, 4.69) is 38.6 Å². The molecule has 23 heavy (non-hydrogen) atoms. The smallest absolute Gasteiger partial charge is 0.330 e. The van der Waals surface area contributed by atoms with Gasteiger partial charge in [-0.1, -0.05) is 26.8 Å². The molecule has 132 valence electrons. The highest BCUT2D eigenvalue weighted by Crippen LogP contribution is 2.55. The summed E-state index contributed by atoms with van der Waals surface area (Å²) < 4.78 is 16.0. The molecule has 0 heterocycles. The van der Waals surface area contributed by atoms with Gasteiger partial charge in [-0.25, -0.2) is 4.79 Å². The second kappa shape index (κ2) is 7.17. The van der Waals surface area contributed by atoms with Gasteiger partial charge in [0.15, 0.2) is 8.32 Å². The van der Waals surface area contributed by atoms with Gasteiger partial charge in [-0.15, -0.1) is 0 Å². The summed E-state index contributed by atoms with van der Waals surface area (Å²) >= 11 is 0. The molecule has 0 N–H and O–H groups in total. The fourth-order valence-electron chi connectivity index (χ4n) is 2.11. The number of hydrogen-bond donors (Lipinski definition) is 0. The van der Waals surface area contributed by atoms with Crippen molar-refractivity contribution >= 4 is 20.3 Å². The molecule has 1 fully saturated rings. The monoisotopic (exact) mass is 342 g/mol. The van der Waals surface area contributed by atoms with E-state index in [9.17, 15) is 9.59 Å². The summed E-state index contributed by atoms with van der Waals surface area (Å²) in [4.78, 5) is 23.4. The molecule has 1 rings (SSSR count). The molecule has 0 spiro atoms. The zero-order valence-corrected chi connectivity index (χ0v) is 16.4. The molecule has 1 saturated carbocycles. The van der Waals surface area contributed by atoms with Crippen molar-refractivity contribution in [2.45, 2.75) is 52.2 Å². The molecule has 1 aliphatic rings. The van der Waals surface area contributed by atoms with Crippen LogP contribution in [0.4, 0.5) is 0 Å². The molecule has 0 aromatic carbocycles. The van der Waals surface area contributed by atoms with Crippen LogP contribution >= 0.6 is 0 Å². The molecule has 0 aromatic heterocycles. The predicted molar refractivity (Wildman–Crippen MR) is 91.5 cm³/mol. The quantitative estimate of drug-likeness (QED) is 0.403. The second-order valence-corrected chi connectivity index (χ2v) is 12.5. The minimum atomic E-state index is -1.92. The highest BCUT2D eigenvalue weighted by atomic mass is 28.4. The lowest BCUT2D eigenvalue weighted by Gasteiger charge is -2.37. The van der Waals surface area contributed by atoms with E-state index >= 15 is 0 Å². The summed E-state index contributed by atoms with van der Waals surface area (Å²) in [6.07, 6.45) is 3.79. The number of esters is 2. The van der Waals surface area contributed by atoms with Crippen molar-refractivity contribution in [2.75, 3.05) is 20.3 Å². The highest BCUT2D eigenvalue weighted by Gasteiger charge is 2.58. The van der Waals surface area contributed by atoms with E-state index in [4.69, 9.17) is 9.16 Å². The Labute approximate surface area is 140 Å². The lowest BCUT2D eigenvalue weighted by atomic mass is 10.0. The normalized spacial score (nSPS) is 24.6. The summed E-state index contributed by atoms with van der Waals surface area (Å²) in [5, 5.41) is 0.0918. The minimum Gasteiger partial charge on any atom is -0.466 e. The van der Waals surface area contributed by atoms with Gasteiger partial charge in [0.05, 0.1) is 19.6 Å². The van der Waals surface area contributed by atoms with E-state index in [0.29, 0.717) is 19.6 Å². The van der Waals surface area contributed by atoms with Crippen LogP contribution in [0.1, 0.15) is 34.1 Å². The maximum atomic E-state index is 12.0. The third-order valence-electron chi connectivity index (χ3n) is 4.95. The number of carbonyl (C=O) groups is 2. The summed E-state index contributed by atoms with van der Waals surface area (Å²) in [6.45, 7) is 13.4. The second-order valence-electron chi connectivity index (χ2n) is 7.65. The van der Waals surface area contributed by atoms with Crippen molar-refractivity contribution in [1.29, 1.82) is 0 Å². The largest absolute Gasteiger partial charge is 0.466 e. The first-order valence-electron chi connectivity index (χ1n) is 8.07. The van der Waals surface area contributed by atoms with Crippen molar-refractivity contribution in [3.63, 3.8) is 0 Å². The Bertz CT molecular complexity index is 478. The van der Waals surface area contributed by atoms with Gasteiger partial charge in [0.2, 0.25) is 0 Å². The van der Waals surface area contributed by atoms with Crippen LogP contribution in [0, 0.1) is 11.3 Å². The number of carbonyl (C=O) groups excluding carboxylic acids is 2. The standard InChI is InChI=1S/C17H30O5Si/c1-8-21-15(19)13-11-17(13,10-9-14(18)20-5)12-22-23(6,7)16(2,3)4/h9-10,13H,8,11-12H2,1-7H3/b10-9+. The molecule has 0 radical (unpaired) electrons. The first-order valence-corrected chi connectivity index (χ1v) is 11.0. The van der Waals surface area contributed by atoms with Crippen LogP contribution < -0.4 is 0 Å². The summed E-state index contributed by atoms with van der Waals surface area (Å²) in [5.74, 6) is -0.889. The Kier molecular flexibility index (Phi) is 6.21. The molecule has 5 nitrogen and oxygen atoms in total.